The van der Waals surface area contributed by atoms with Crippen molar-refractivity contribution >= 4 is 11.9 Å². The van der Waals surface area contributed by atoms with E-state index in [1.807, 2.05) is 60.8 Å². The van der Waals surface area contributed by atoms with Crippen LogP contribution in [0.5, 0.6) is 0 Å². The van der Waals surface area contributed by atoms with E-state index < -0.39 is 18.2 Å². The van der Waals surface area contributed by atoms with Crippen molar-refractivity contribution in [2.45, 2.75) is 232 Å². The molecule has 3 atom stereocenters. The number of carbonyl (C=O) groups is 2. The van der Waals surface area contributed by atoms with Crippen LogP contribution in [0.1, 0.15) is 213 Å². The predicted octanol–water partition coefficient (Wildman–Crippen LogP) is 13.8. The Balaban J connectivity index is 4.76. The van der Waals surface area contributed by atoms with Crippen molar-refractivity contribution in [1.29, 1.82) is 0 Å². The highest BCUT2D eigenvalue weighted by atomic mass is 16.5. The van der Waals surface area contributed by atoms with Gasteiger partial charge in [0.1, 0.15) is 6.10 Å². The number of rotatable bonds is 41. The van der Waals surface area contributed by atoms with Gasteiger partial charge in [0.05, 0.1) is 25.2 Å². The van der Waals surface area contributed by atoms with E-state index in [0.717, 1.165) is 57.8 Å². The van der Waals surface area contributed by atoms with E-state index in [2.05, 4.69) is 38.2 Å². The van der Waals surface area contributed by atoms with Crippen LogP contribution in [0.15, 0.2) is 72.9 Å². The highest BCUT2D eigenvalue weighted by molar-refractivity contribution is 5.77. The van der Waals surface area contributed by atoms with E-state index in [1.54, 1.807) is 0 Å². The fourth-order valence-electron chi connectivity index (χ4n) is 6.88. The molecule has 0 heterocycles. The second-order valence-electron chi connectivity index (χ2n) is 15.9. The number of ether oxygens (including phenoxy) is 1. The number of esters is 1. The minimum Gasteiger partial charge on any atom is -0.462 e. The zero-order valence-corrected chi connectivity index (χ0v) is 37.2. The number of hydrogen-bond donors (Lipinski definition) is 3. The number of nitrogens with one attached hydrogen (secondary N) is 1. The Morgan fingerprint density at radius 1 is 0.526 bits per heavy atom. The molecule has 0 aliphatic heterocycles. The standard InChI is InChI=1S/C51H89NO5/c1-4-7-10-13-16-19-22-24-25-27-28-30-33-36-39-42-47(57-51(56)44-41-38-35-32-29-26-23-20-17-14-11-8-5-2)45-50(55)52-48(46-53)49(54)43-40-37-34-31-21-18-15-12-9-6-3/h7,10,13,16,19,22,24-25,27-28,30,33,47-49,53-54H,4-6,8-9,11-12,14-15,17-18,20-21,23,26,29,31-32,34-46H2,1-3H3,(H,52,55)/b10-7-,16-13+,22-19+,25-24-,28-27+,33-30+. The molecule has 0 saturated carbocycles. The van der Waals surface area contributed by atoms with Crippen LogP contribution in [0.25, 0.3) is 0 Å². The van der Waals surface area contributed by atoms with Gasteiger partial charge in [-0.1, -0.05) is 235 Å². The molecule has 0 spiro atoms. The van der Waals surface area contributed by atoms with Gasteiger partial charge in [0.2, 0.25) is 5.91 Å². The molecular weight excluding hydrogens is 707 g/mol. The summed E-state index contributed by atoms with van der Waals surface area (Å²) in [5, 5.41) is 23.6. The fourth-order valence-corrected chi connectivity index (χ4v) is 6.88. The molecule has 6 heteroatoms. The number of carbonyl (C=O) groups excluding carboxylic acids is 2. The van der Waals surface area contributed by atoms with Gasteiger partial charge in [0.25, 0.3) is 0 Å². The molecule has 0 fully saturated rings. The van der Waals surface area contributed by atoms with Gasteiger partial charge in [-0.05, 0) is 38.5 Å². The smallest absolute Gasteiger partial charge is 0.306 e. The summed E-state index contributed by atoms with van der Waals surface area (Å²) >= 11 is 0. The van der Waals surface area contributed by atoms with Gasteiger partial charge in [-0.25, -0.2) is 0 Å². The minimum atomic E-state index is -0.807. The van der Waals surface area contributed by atoms with Crippen LogP contribution in [-0.4, -0.2) is 46.9 Å². The molecule has 57 heavy (non-hydrogen) atoms. The van der Waals surface area contributed by atoms with Gasteiger partial charge < -0.3 is 20.3 Å². The second kappa shape index (κ2) is 44.4. The number of aliphatic hydroxyl groups is 2. The van der Waals surface area contributed by atoms with Crippen molar-refractivity contribution in [3.8, 4) is 0 Å². The second-order valence-corrected chi connectivity index (χ2v) is 15.9. The molecule has 3 N–H and O–H groups in total. The van der Waals surface area contributed by atoms with E-state index in [4.69, 9.17) is 4.74 Å². The number of amides is 1. The molecular formula is C51H89NO5. The van der Waals surface area contributed by atoms with Crippen molar-refractivity contribution in [2.24, 2.45) is 0 Å². The van der Waals surface area contributed by atoms with Gasteiger partial charge >= 0.3 is 5.97 Å². The van der Waals surface area contributed by atoms with Crippen LogP contribution in [0, 0.1) is 0 Å². The lowest BCUT2D eigenvalue weighted by Gasteiger charge is -2.24. The van der Waals surface area contributed by atoms with E-state index >= 15 is 0 Å². The third kappa shape index (κ3) is 39.9. The lowest BCUT2D eigenvalue weighted by molar-refractivity contribution is -0.151. The molecule has 0 aromatic rings. The Hall–Kier alpha value is -2.70. The average molecular weight is 796 g/mol. The highest BCUT2D eigenvalue weighted by Gasteiger charge is 2.24. The largest absolute Gasteiger partial charge is 0.462 e. The maximum atomic E-state index is 13.1. The molecule has 0 rings (SSSR count). The van der Waals surface area contributed by atoms with Gasteiger partial charge in [-0.15, -0.1) is 0 Å². The molecule has 0 bridgehead atoms. The van der Waals surface area contributed by atoms with Crippen molar-refractivity contribution in [3.05, 3.63) is 72.9 Å². The Labute approximate surface area is 351 Å². The fraction of sp³-hybridized carbons (Fsp3) is 0.725. The van der Waals surface area contributed by atoms with Gasteiger partial charge in [0.15, 0.2) is 0 Å². The SMILES string of the molecule is CC\C=C/C=C/C=C/C=C\C=C\C=C\CCCC(CC(=O)NC(CO)C(O)CCCCCCCCCCCC)OC(=O)CCCCCCCCCCCCCCC. The maximum Gasteiger partial charge on any atom is 0.306 e. The predicted molar refractivity (Wildman–Crippen MR) is 245 cm³/mol. The molecule has 0 aliphatic rings. The monoisotopic (exact) mass is 796 g/mol. The van der Waals surface area contributed by atoms with Gasteiger partial charge in [0, 0.05) is 6.42 Å². The quantitative estimate of drug-likeness (QED) is 0.0325. The molecule has 0 radical (unpaired) electrons. The van der Waals surface area contributed by atoms with E-state index in [-0.39, 0.29) is 24.9 Å². The summed E-state index contributed by atoms with van der Waals surface area (Å²) in [6, 6.07) is -0.725. The normalized spacial score (nSPS) is 14.0. The molecule has 1 amide bonds. The summed E-state index contributed by atoms with van der Waals surface area (Å²) in [5.41, 5.74) is 0. The van der Waals surface area contributed by atoms with E-state index in [0.29, 0.717) is 19.3 Å². The Morgan fingerprint density at radius 2 is 0.947 bits per heavy atom. The van der Waals surface area contributed by atoms with Crippen molar-refractivity contribution in [2.75, 3.05) is 6.61 Å². The molecule has 3 unspecified atom stereocenters. The summed E-state index contributed by atoms with van der Waals surface area (Å²) < 4.78 is 5.88. The van der Waals surface area contributed by atoms with Crippen molar-refractivity contribution in [1.82, 2.24) is 5.32 Å². The first-order valence-electron chi connectivity index (χ1n) is 23.7. The maximum absolute atomic E-state index is 13.1. The Kier molecular flexibility index (Phi) is 42.3. The summed E-state index contributed by atoms with van der Waals surface area (Å²) in [4.78, 5) is 26.0. The van der Waals surface area contributed by atoms with E-state index in [9.17, 15) is 19.8 Å². The zero-order chi connectivity index (χ0) is 41.7. The van der Waals surface area contributed by atoms with Crippen molar-refractivity contribution in [3.63, 3.8) is 0 Å². The highest BCUT2D eigenvalue weighted by Crippen LogP contribution is 2.17. The number of hydrogen-bond acceptors (Lipinski definition) is 5. The van der Waals surface area contributed by atoms with Crippen LogP contribution < -0.4 is 5.32 Å². The topological polar surface area (TPSA) is 95.9 Å². The third-order valence-corrected chi connectivity index (χ3v) is 10.5. The first-order chi connectivity index (χ1) is 28.0. The van der Waals surface area contributed by atoms with Gasteiger partial charge in [-0.3, -0.25) is 9.59 Å². The first-order valence-corrected chi connectivity index (χ1v) is 23.7. The van der Waals surface area contributed by atoms with Gasteiger partial charge in [-0.2, -0.15) is 0 Å². The molecule has 328 valence electrons. The Morgan fingerprint density at radius 3 is 1.40 bits per heavy atom. The average Bonchev–Trinajstić information content (AvgIpc) is 3.20. The number of unbranched alkanes of at least 4 members (excludes halogenated alkanes) is 22. The lowest BCUT2D eigenvalue weighted by Crippen LogP contribution is -2.46. The first kappa shape index (κ1) is 54.3. The van der Waals surface area contributed by atoms with Crippen LogP contribution in [0.2, 0.25) is 0 Å². The molecule has 0 aromatic heterocycles. The molecule has 0 aliphatic carbocycles. The number of allylic oxidation sites excluding steroid dienone is 12. The van der Waals surface area contributed by atoms with Crippen LogP contribution in [-0.2, 0) is 14.3 Å². The van der Waals surface area contributed by atoms with E-state index in [1.165, 1.54) is 109 Å². The summed E-state index contributed by atoms with van der Waals surface area (Å²) in [5.74, 6) is -0.551. The van der Waals surface area contributed by atoms with Crippen LogP contribution >= 0.6 is 0 Å². The third-order valence-electron chi connectivity index (χ3n) is 10.5. The van der Waals surface area contributed by atoms with Crippen LogP contribution in [0.4, 0.5) is 0 Å². The molecule has 0 saturated heterocycles. The van der Waals surface area contributed by atoms with Crippen molar-refractivity contribution < 1.29 is 24.5 Å². The summed E-state index contributed by atoms with van der Waals surface area (Å²) in [6.07, 6.45) is 55.3. The minimum absolute atomic E-state index is 0.0256. The Bertz CT molecular complexity index is 1070. The zero-order valence-electron chi connectivity index (χ0n) is 37.2. The summed E-state index contributed by atoms with van der Waals surface area (Å²) in [7, 11) is 0. The molecule has 6 nitrogen and oxygen atoms in total. The lowest BCUT2D eigenvalue weighted by atomic mass is 10.0. The van der Waals surface area contributed by atoms with Crippen LogP contribution in [0.3, 0.4) is 0 Å². The summed E-state index contributed by atoms with van der Waals surface area (Å²) in [6.45, 7) is 6.29. The number of aliphatic hydroxyl groups excluding tert-OH is 2. The molecule has 0 aromatic carbocycles.